The average Bonchev–Trinajstić information content (AvgIpc) is 2.56. The molecule has 1 heteroatoms. The number of hydrogen-bond donors (Lipinski definition) is 1. The van der Waals surface area contributed by atoms with E-state index in [0.29, 0.717) is 6.04 Å². The summed E-state index contributed by atoms with van der Waals surface area (Å²) in [6.07, 6.45) is 26.6. The van der Waals surface area contributed by atoms with Crippen LogP contribution in [0.3, 0.4) is 0 Å². The van der Waals surface area contributed by atoms with Crippen molar-refractivity contribution in [3.05, 3.63) is 0 Å². The number of hydrogen-bond acceptors (Lipinski definition) is 1. The van der Waals surface area contributed by atoms with Crippen molar-refractivity contribution >= 4 is 0 Å². The molecule has 0 fully saturated rings. The van der Waals surface area contributed by atoms with Gasteiger partial charge in [-0.05, 0) is 12.8 Å². The lowest BCUT2D eigenvalue weighted by Gasteiger charge is -2.11. The van der Waals surface area contributed by atoms with Crippen molar-refractivity contribution in [1.82, 2.24) is 0 Å². The maximum absolute atomic E-state index is 6.20. The molecule has 0 saturated heterocycles. The van der Waals surface area contributed by atoms with Crippen molar-refractivity contribution in [3.8, 4) is 0 Å². The first-order valence-corrected chi connectivity index (χ1v) is 11.1. The molecule has 0 radical (unpaired) electrons. The van der Waals surface area contributed by atoms with Gasteiger partial charge in [-0.25, -0.2) is 0 Å². The fourth-order valence-electron chi connectivity index (χ4n) is 3.40. The molecule has 23 heavy (non-hydrogen) atoms. The molecule has 0 aliphatic carbocycles. The number of rotatable bonds is 19. The molecule has 0 spiro atoms. The highest BCUT2D eigenvalue weighted by Gasteiger charge is 2.02. The third-order valence-electron chi connectivity index (χ3n) is 5.11. The summed E-state index contributed by atoms with van der Waals surface area (Å²) >= 11 is 0. The van der Waals surface area contributed by atoms with Gasteiger partial charge in [-0.3, -0.25) is 0 Å². The summed E-state index contributed by atoms with van der Waals surface area (Å²) in [5.74, 6) is 0. The first-order valence-electron chi connectivity index (χ1n) is 11.1. The Balaban J connectivity index is 3.07. The van der Waals surface area contributed by atoms with Crippen LogP contribution in [0, 0.1) is 0 Å². The van der Waals surface area contributed by atoms with E-state index in [1.165, 1.54) is 122 Å². The van der Waals surface area contributed by atoms with Crippen molar-refractivity contribution in [2.24, 2.45) is 5.73 Å². The van der Waals surface area contributed by atoms with Crippen LogP contribution in [0.1, 0.15) is 136 Å². The summed E-state index contributed by atoms with van der Waals surface area (Å²) in [7, 11) is 0. The Labute approximate surface area is 148 Å². The van der Waals surface area contributed by atoms with Gasteiger partial charge in [0.2, 0.25) is 0 Å². The minimum atomic E-state index is 0.472. The second-order valence-electron chi connectivity index (χ2n) is 7.64. The van der Waals surface area contributed by atoms with E-state index in [0.717, 1.165) is 0 Å². The van der Waals surface area contributed by atoms with Crippen LogP contribution in [-0.4, -0.2) is 6.04 Å². The van der Waals surface area contributed by atoms with Gasteiger partial charge in [0.05, 0.1) is 0 Å². The summed E-state index contributed by atoms with van der Waals surface area (Å²) < 4.78 is 0. The summed E-state index contributed by atoms with van der Waals surface area (Å²) in [5.41, 5.74) is 6.20. The van der Waals surface area contributed by atoms with Gasteiger partial charge in [0, 0.05) is 6.04 Å². The quantitative estimate of drug-likeness (QED) is 0.241. The van der Waals surface area contributed by atoms with Gasteiger partial charge in [-0.1, -0.05) is 123 Å². The van der Waals surface area contributed by atoms with Crippen molar-refractivity contribution in [2.45, 2.75) is 142 Å². The van der Waals surface area contributed by atoms with Gasteiger partial charge in [-0.2, -0.15) is 0 Å². The van der Waals surface area contributed by atoms with E-state index in [4.69, 9.17) is 5.73 Å². The lowest BCUT2D eigenvalue weighted by Crippen LogP contribution is -2.19. The zero-order valence-corrected chi connectivity index (χ0v) is 16.6. The van der Waals surface area contributed by atoms with E-state index in [1.807, 2.05) is 0 Å². The van der Waals surface area contributed by atoms with Crippen LogP contribution in [0.2, 0.25) is 0 Å². The highest BCUT2D eigenvalue weighted by Crippen LogP contribution is 2.14. The summed E-state index contributed by atoms with van der Waals surface area (Å²) in [5, 5.41) is 0. The second-order valence-corrected chi connectivity index (χ2v) is 7.64. The van der Waals surface area contributed by atoms with Crippen LogP contribution >= 0.6 is 0 Å². The fraction of sp³-hybridized carbons (Fsp3) is 1.00. The first-order chi connectivity index (χ1) is 11.3. The number of nitrogens with two attached hydrogens (primary N) is 1. The van der Waals surface area contributed by atoms with Gasteiger partial charge in [0.25, 0.3) is 0 Å². The molecule has 0 aromatic carbocycles. The lowest BCUT2D eigenvalue weighted by molar-refractivity contribution is 0.484. The molecule has 0 aliphatic rings. The molecule has 1 nitrogen and oxygen atoms in total. The van der Waals surface area contributed by atoms with E-state index in [1.54, 1.807) is 0 Å². The maximum atomic E-state index is 6.20. The summed E-state index contributed by atoms with van der Waals surface area (Å²) in [6.45, 7) is 4.56. The second kappa shape index (κ2) is 20.0. The first kappa shape index (κ1) is 23.0. The minimum Gasteiger partial charge on any atom is -0.328 e. The smallest absolute Gasteiger partial charge is 0.00388 e. The van der Waals surface area contributed by atoms with Crippen LogP contribution in [0.25, 0.3) is 0 Å². The maximum Gasteiger partial charge on any atom is 0.00388 e. The minimum absolute atomic E-state index is 0.472. The van der Waals surface area contributed by atoms with Crippen LogP contribution in [-0.2, 0) is 0 Å². The Morgan fingerprint density at radius 2 is 0.696 bits per heavy atom. The van der Waals surface area contributed by atoms with E-state index in [9.17, 15) is 0 Å². The molecule has 1 unspecified atom stereocenters. The topological polar surface area (TPSA) is 26.0 Å². The zero-order valence-electron chi connectivity index (χ0n) is 16.6. The highest BCUT2D eigenvalue weighted by atomic mass is 14.6. The third kappa shape index (κ3) is 19.9. The van der Waals surface area contributed by atoms with Gasteiger partial charge in [0.1, 0.15) is 0 Å². The van der Waals surface area contributed by atoms with Crippen LogP contribution in [0.15, 0.2) is 0 Å². The van der Waals surface area contributed by atoms with Crippen molar-refractivity contribution in [3.63, 3.8) is 0 Å². The molecule has 0 heterocycles. The van der Waals surface area contributed by atoms with E-state index in [-0.39, 0.29) is 0 Å². The van der Waals surface area contributed by atoms with Crippen molar-refractivity contribution < 1.29 is 0 Å². The van der Waals surface area contributed by atoms with Gasteiger partial charge in [-0.15, -0.1) is 0 Å². The molecule has 0 rings (SSSR count). The third-order valence-corrected chi connectivity index (χ3v) is 5.11. The van der Waals surface area contributed by atoms with Crippen molar-refractivity contribution in [2.75, 3.05) is 0 Å². The SMILES string of the molecule is CCCCCCCCCCCCCCCC(N)CCCCCC. The molecular weight excluding hydrogens is 278 g/mol. The number of unbranched alkanes of at least 4 members (excludes halogenated alkanes) is 15. The summed E-state index contributed by atoms with van der Waals surface area (Å²) in [4.78, 5) is 0. The van der Waals surface area contributed by atoms with Crippen LogP contribution in [0.5, 0.6) is 0 Å². The van der Waals surface area contributed by atoms with Crippen LogP contribution < -0.4 is 5.73 Å². The predicted octanol–water partition coefficient (Wildman–Crippen LogP) is 7.77. The van der Waals surface area contributed by atoms with E-state index < -0.39 is 0 Å². The Morgan fingerprint density at radius 1 is 0.435 bits per heavy atom. The van der Waals surface area contributed by atoms with E-state index >= 15 is 0 Å². The molecule has 0 aromatic heterocycles. The summed E-state index contributed by atoms with van der Waals surface area (Å²) in [6, 6.07) is 0.472. The molecule has 0 bridgehead atoms. The molecule has 0 saturated carbocycles. The van der Waals surface area contributed by atoms with E-state index in [2.05, 4.69) is 13.8 Å². The molecule has 0 amide bonds. The highest BCUT2D eigenvalue weighted by molar-refractivity contribution is 4.61. The molecule has 1 atom stereocenters. The van der Waals surface area contributed by atoms with Gasteiger partial charge >= 0.3 is 0 Å². The fourth-order valence-corrected chi connectivity index (χ4v) is 3.40. The van der Waals surface area contributed by atoms with Crippen LogP contribution in [0.4, 0.5) is 0 Å². The average molecular weight is 326 g/mol. The standard InChI is InChI=1S/C22H47N/c1-3-5-7-9-10-11-12-13-14-15-16-17-19-21-22(23)20-18-8-6-4-2/h22H,3-21,23H2,1-2H3. The molecular formula is C22H47N. The predicted molar refractivity (Wildman–Crippen MR) is 107 cm³/mol. The van der Waals surface area contributed by atoms with Crippen molar-refractivity contribution in [1.29, 1.82) is 0 Å². The largest absolute Gasteiger partial charge is 0.328 e. The molecule has 0 aromatic rings. The lowest BCUT2D eigenvalue weighted by atomic mass is 10.0. The molecule has 0 aliphatic heterocycles. The van der Waals surface area contributed by atoms with Gasteiger partial charge < -0.3 is 5.73 Å². The monoisotopic (exact) mass is 325 g/mol. The zero-order chi connectivity index (χ0) is 17.0. The van der Waals surface area contributed by atoms with Gasteiger partial charge in [0.15, 0.2) is 0 Å². The Bertz CT molecular complexity index is 202. The molecule has 140 valence electrons. The Hall–Kier alpha value is -0.0400. The molecule has 2 N–H and O–H groups in total. The Morgan fingerprint density at radius 3 is 1.04 bits per heavy atom. The Kier molecular flexibility index (Phi) is 20.0. The normalized spacial score (nSPS) is 12.7.